The van der Waals surface area contributed by atoms with Crippen LogP contribution in [0.2, 0.25) is 5.02 Å². The van der Waals surface area contributed by atoms with Crippen molar-refractivity contribution in [3.8, 4) is 0 Å². The first-order valence-electron chi connectivity index (χ1n) is 11.4. The number of fused-ring (bicyclic) bond motifs is 4. The molecule has 180 valence electrons. The smallest absolute Gasteiger partial charge is 0.258 e. The zero-order valence-corrected chi connectivity index (χ0v) is 21.1. The highest BCUT2D eigenvalue weighted by atomic mass is 35.5. The number of halogens is 1. The third kappa shape index (κ3) is 4.12. The number of para-hydroxylation sites is 1. The summed E-state index contributed by atoms with van der Waals surface area (Å²) >= 11 is 7.49. The largest absolute Gasteiger partial charge is 0.282 e. The summed E-state index contributed by atoms with van der Waals surface area (Å²) < 4.78 is 3.24. The molecule has 0 unspecified atom stereocenters. The second-order valence-electron chi connectivity index (χ2n) is 8.54. The SMILES string of the molecule is Cc1n[nH]c(C)c1CCc1nc2c3ccccc3nc(SCc3cc(=O)n4cc(Cl)ccc4n3)n2n1. The van der Waals surface area contributed by atoms with Gasteiger partial charge in [-0.15, -0.1) is 5.10 Å². The lowest BCUT2D eigenvalue weighted by atomic mass is 10.1. The van der Waals surface area contributed by atoms with Gasteiger partial charge in [0.2, 0.25) is 0 Å². The van der Waals surface area contributed by atoms with E-state index in [1.807, 2.05) is 38.1 Å². The van der Waals surface area contributed by atoms with Crippen LogP contribution in [-0.2, 0) is 18.6 Å². The maximum absolute atomic E-state index is 12.6. The van der Waals surface area contributed by atoms with Gasteiger partial charge in [-0.25, -0.2) is 15.0 Å². The molecule has 0 radical (unpaired) electrons. The first-order chi connectivity index (χ1) is 17.5. The minimum absolute atomic E-state index is 0.178. The second-order valence-corrected chi connectivity index (χ2v) is 9.92. The Labute approximate surface area is 214 Å². The van der Waals surface area contributed by atoms with Crippen molar-refractivity contribution >= 4 is 45.6 Å². The van der Waals surface area contributed by atoms with E-state index in [0.717, 1.165) is 40.2 Å². The molecule has 5 aromatic heterocycles. The van der Waals surface area contributed by atoms with Gasteiger partial charge in [0.25, 0.3) is 5.56 Å². The molecule has 9 nitrogen and oxygen atoms in total. The van der Waals surface area contributed by atoms with Crippen molar-refractivity contribution in [2.75, 3.05) is 0 Å². The minimum Gasteiger partial charge on any atom is -0.282 e. The maximum Gasteiger partial charge on any atom is 0.258 e. The molecule has 0 atom stereocenters. The van der Waals surface area contributed by atoms with Crippen molar-refractivity contribution in [1.82, 2.24) is 39.2 Å². The number of rotatable bonds is 6. The quantitative estimate of drug-likeness (QED) is 0.259. The van der Waals surface area contributed by atoms with Gasteiger partial charge >= 0.3 is 0 Å². The number of benzene rings is 1. The van der Waals surface area contributed by atoms with Crippen LogP contribution in [0.15, 0.2) is 58.6 Å². The Bertz CT molecular complexity index is 1800. The fourth-order valence-corrected chi connectivity index (χ4v) is 5.29. The molecule has 36 heavy (non-hydrogen) atoms. The first-order valence-corrected chi connectivity index (χ1v) is 12.8. The molecule has 0 aliphatic heterocycles. The van der Waals surface area contributed by atoms with E-state index in [-0.39, 0.29) is 5.56 Å². The van der Waals surface area contributed by atoms with Crippen LogP contribution in [0.3, 0.4) is 0 Å². The number of nitrogens with zero attached hydrogens (tertiary/aromatic N) is 7. The summed E-state index contributed by atoms with van der Waals surface area (Å²) in [4.78, 5) is 26.9. The molecule has 11 heteroatoms. The number of aromatic nitrogens is 8. The van der Waals surface area contributed by atoms with Crippen LogP contribution in [0.4, 0.5) is 0 Å². The average molecular weight is 517 g/mol. The number of hydrogen-bond acceptors (Lipinski definition) is 7. The summed E-state index contributed by atoms with van der Waals surface area (Å²) in [5.74, 6) is 1.20. The molecule has 6 rings (SSSR count). The number of H-pyrrole nitrogens is 1. The molecule has 0 bridgehead atoms. The lowest BCUT2D eigenvalue weighted by Crippen LogP contribution is -2.15. The summed E-state index contributed by atoms with van der Waals surface area (Å²) in [5, 5.41) is 14.2. The van der Waals surface area contributed by atoms with Gasteiger partial charge in [-0.3, -0.25) is 14.3 Å². The number of nitrogens with one attached hydrogen (secondary N) is 1. The van der Waals surface area contributed by atoms with Crippen LogP contribution < -0.4 is 5.56 Å². The molecular weight excluding hydrogens is 496 g/mol. The standard InChI is InChI=1S/C25H21ClN8OS/c1-14-18(15(2)31-30-14)8-9-21-29-24-19-5-3-4-6-20(19)28-25(34(24)32-21)36-13-17-11-23(35)33-12-16(26)7-10-22(33)27-17/h3-7,10-12H,8-9,13H2,1-2H3,(H,30,31). The summed E-state index contributed by atoms with van der Waals surface area (Å²) in [6, 6.07) is 12.9. The van der Waals surface area contributed by atoms with Gasteiger partial charge in [0.15, 0.2) is 16.6 Å². The van der Waals surface area contributed by atoms with Gasteiger partial charge in [-0.2, -0.15) is 9.61 Å². The lowest BCUT2D eigenvalue weighted by Gasteiger charge is -2.07. The topological polar surface area (TPSA) is 106 Å². The van der Waals surface area contributed by atoms with Crippen LogP contribution in [0.25, 0.3) is 22.2 Å². The van der Waals surface area contributed by atoms with E-state index in [1.54, 1.807) is 22.8 Å². The Morgan fingerprint density at radius 1 is 1.06 bits per heavy atom. The highest BCUT2D eigenvalue weighted by Crippen LogP contribution is 2.26. The van der Waals surface area contributed by atoms with Gasteiger partial charge in [-0.05, 0) is 50.1 Å². The number of hydrogen-bond donors (Lipinski definition) is 1. The van der Waals surface area contributed by atoms with Crippen LogP contribution in [0.1, 0.15) is 28.5 Å². The lowest BCUT2D eigenvalue weighted by molar-refractivity contribution is 0.767. The van der Waals surface area contributed by atoms with E-state index in [1.165, 1.54) is 27.8 Å². The molecule has 1 aromatic carbocycles. The highest BCUT2D eigenvalue weighted by Gasteiger charge is 2.16. The summed E-state index contributed by atoms with van der Waals surface area (Å²) in [6.45, 7) is 4.03. The Morgan fingerprint density at radius 2 is 1.92 bits per heavy atom. The summed E-state index contributed by atoms with van der Waals surface area (Å²) in [6.07, 6.45) is 3.06. The third-order valence-electron chi connectivity index (χ3n) is 6.10. The Balaban J connectivity index is 1.35. The molecule has 0 amide bonds. The molecule has 5 heterocycles. The van der Waals surface area contributed by atoms with Crippen LogP contribution in [0.5, 0.6) is 0 Å². The zero-order chi connectivity index (χ0) is 24.8. The van der Waals surface area contributed by atoms with Gasteiger partial charge in [-0.1, -0.05) is 35.5 Å². The Hall–Kier alpha value is -3.76. The fourth-order valence-electron chi connectivity index (χ4n) is 4.29. The van der Waals surface area contributed by atoms with E-state index in [0.29, 0.717) is 33.7 Å². The monoisotopic (exact) mass is 516 g/mol. The molecule has 0 fully saturated rings. The van der Waals surface area contributed by atoms with Crippen LogP contribution in [-0.4, -0.2) is 39.2 Å². The molecule has 1 N–H and O–H groups in total. The van der Waals surface area contributed by atoms with Crippen LogP contribution in [0, 0.1) is 13.8 Å². The molecule has 6 aromatic rings. The van der Waals surface area contributed by atoms with Gasteiger partial charge in [0.05, 0.1) is 21.9 Å². The normalized spacial score (nSPS) is 11.8. The predicted octanol–water partition coefficient (Wildman–Crippen LogP) is 4.36. The van der Waals surface area contributed by atoms with Gasteiger partial charge in [0, 0.05) is 35.5 Å². The molecule has 0 aliphatic carbocycles. The van der Waals surface area contributed by atoms with Crippen LogP contribution >= 0.6 is 23.4 Å². The van der Waals surface area contributed by atoms with E-state index < -0.39 is 0 Å². The van der Waals surface area contributed by atoms with E-state index in [4.69, 9.17) is 26.7 Å². The minimum atomic E-state index is -0.178. The molecular formula is C25H21ClN8OS. The molecule has 0 spiro atoms. The molecule has 0 saturated carbocycles. The van der Waals surface area contributed by atoms with Crippen molar-refractivity contribution in [3.63, 3.8) is 0 Å². The van der Waals surface area contributed by atoms with E-state index in [2.05, 4.69) is 15.2 Å². The Kier molecular flexibility index (Phi) is 5.69. The highest BCUT2D eigenvalue weighted by molar-refractivity contribution is 7.98. The van der Waals surface area contributed by atoms with Crippen molar-refractivity contribution in [2.24, 2.45) is 0 Å². The van der Waals surface area contributed by atoms with E-state index >= 15 is 0 Å². The average Bonchev–Trinajstić information content (AvgIpc) is 3.44. The van der Waals surface area contributed by atoms with E-state index in [9.17, 15) is 4.79 Å². The van der Waals surface area contributed by atoms with Crippen molar-refractivity contribution in [2.45, 2.75) is 37.6 Å². The van der Waals surface area contributed by atoms with Crippen molar-refractivity contribution in [3.05, 3.63) is 92.5 Å². The van der Waals surface area contributed by atoms with Crippen molar-refractivity contribution in [1.29, 1.82) is 0 Å². The number of pyridine rings is 1. The molecule has 0 aliphatic rings. The third-order valence-corrected chi connectivity index (χ3v) is 7.28. The Morgan fingerprint density at radius 3 is 2.75 bits per heavy atom. The van der Waals surface area contributed by atoms with Gasteiger partial charge in [0.1, 0.15) is 5.65 Å². The number of aromatic amines is 1. The number of thioether (sulfide) groups is 1. The molecule has 0 saturated heterocycles. The number of aryl methyl sites for hydroxylation is 3. The summed E-state index contributed by atoms with van der Waals surface area (Å²) in [7, 11) is 0. The predicted molar refractivity (Wildman–Crippen MR) is 140 cm³/mol. The van der Waals surface area contributed by atoms with Crippen molar-refractivity contribution < 1.29 is 0 Å². The summed E-state index contributed by atoms with van der Waals surface area (Å²) in [5.41, 5.74) is 5.90. The van der Waals surface area contributed by atoms with Gasteiger partial charge < -0.3 is 0 Å². The maximum atomic E-state index is 12.6. The first kappa shape index (κ1) is 22.7. The zero-order valence-electron chi connectivity index (χ0n) is 19.6. The second kappa shape index (κ2) is 9.03. The fraction of sp³-hybridized carbons (Fsp3) is 0.200.